The predicted octanol–water partition coefficient (Wildman–Crippen LogP) is 2.12. The smallest absolute Gasteiger partial charge is 0.357 e. The number of hydrogen-bond donors (Lipinski definition) is 0. The summed E-state index contributed by atoms with van der Waals surface area (Å²) in [5.74, 6) is -0.396. The third-order valence-electron chi connectivity index (χ3n) is 2.45. The number of imidazole rings is 1. The van der Waals surface area contributed by atoms with Crippen LogP contribution in [0.2, 0.25) is 0 Å². The largest absolute Gasteiger partial charge is 0.464 e. The van der Waals surface area contributed by atoms with Gasteiger partial charge in [0.25, 0.3) is 0 Å². The van der Waals surface area contributed by atoms with Gasteiger partial charge in [-0.15, -0.1) is 11.3 Å². The van der Waals surface area contributed by atoms with E-state index in [9.17, 15) is 4.79 Å². The highest BCUT2D eigenvalue weighted by Crippen LogP contribution is 2.27. The number of rotatable bonds is 3. The number of carbonyl (C=O) groups excluding carboxylic acids is 1. The molecule has 0 fully saturated rings. The lowest BCUT2D eigenvalue weighted by Crippen LogP contribution is -2.03. The molecule has 0 radical (unpaired) electrons. The summed E-state index contributed by atoms with van der Waals surface area (Å²) < 4.78 is 6.67. The first kappa shape index (κ1) is 11.8. The number of aryl methyl sites for hydroxylation is 2. The second kappa shape index (κ2) is 4.67. The molecule has 2 aromatic heterocycles. The molecule has 0 amide bonds. The van der Waals surface area contributed by atoms with Gasteiger partial charge in [-0.2, -0.15) is 0 Å². The average Bonchev–Trinajstić information content (AvgIpc) is 2.93. The molecule has 2 aromatic rings. The van der Waals surface area contributed by atoms with Crippen LogP contribution in [0.25, 0.3) is 10.7 Å². The van der Waals surface area contributed by atoms with E-state index in [4.69, 9.17) is 0 Å². The first-order valence-corrected chi connectivity index (χ1v) is 6.05. The lowest BCUT2D eigenvalue weighted by atomic mass is 10.4. The summed E-state index contributed by atoms with van der Waals surface area (Å²) in [4.78, 5) is 20.7. The molecule has 0 aliphatic heterocycles. The number of hydrogen-bond acceptors (Lipinski definition) is 5. The molecule has 0 atom stereocenters. The Balaban J connectivity index is 2.44. The standard InChI is InChI=1S/C11H13N3O2S/c1-4-14-6-12-5-8(14)10-13-9(7(2)17-10)11(15)16-3/h5-6H,4H2,1-3H3. The molecule has 17 heavy (non-hydrogen) atoms. The molecule has 0 saturated carbocycles. The summed E-state index contributed by atoms with van der Waals surface area (Å²) in [6.07, 6.45) is 3.51. The van der Waals surface area contributed by atoms with Crippen LogP contribution in [0, 0.1) is 6.92 Å². The van der Waals surface area contributed by atoms with Crippen LogP contribution >= 0.6 is 11.3 Å². The van der Waals surface area contributed by atoms with E-state index in [0.717, 1.165) is 22.1 Å². The van der Waals surface area contributed by atoms with Crippen molar-refractivity contribution in [3.63, 3.8) is 0 Å². The Morgan fingerprint density at radius 3 is 3.00 bits per heavy atom. The van der Waals surface area contributed by atoms with Crippen molar-refractivity contribution in [2.75, 3.05) is 7.11 Å². The van der Waals surface area contributed by atoms with Gasteiger partial charge in [-0.3, -0.25) is 0 Å². The van der Waals surface area contributed by atoms with Crippen LogP contribution in [0.5, 0.6) is 0 Å². The van der Waals surface area contributed by atoms with Gasteiger partial charge in [0.1, 0.15) is 5.01 Å². The highest BCUT2D eigenvalue weighted by molar-refractivity contribution is 7.15. The van der Waals surface area contributed by atoms with E-state index in [2.05, 4.69) is 14.7 Å². The number of aromatic nitrogens is 3. The SMILES string of the molecule is CCn1cncc1-c1nc(C(=O)OC)c(C)s1. The molecule has 0 N–H and O–H groups in total. The van der Waals surface area contributed by atoms with E-state index < -0.39 is 5.97 Å². The van der Waals surface area contributed by atoms with Crippen LogP contribution in [0.3, 0.4) is 0 Å². The van der Waals surface area contributed by atoms with Crippen molar-refractivity contribution in [2.24, 2.45) is 0 Å². The van der Waals surface area contributed by atoms with Crippen molar-refractivity contribution in [1.82, 2.24) is 14.5 Å². The molecule has 0 saturated heterocycles. The minimum Gasteiger partial charge on any atom is -0.464 e. The quantitative estimate of drug-likeness (QED) is 0.784. The Hall–Kier alpha value is -1.69. The molecule has 0 aliphatic rings. The molecule has 2 heterocycles. The summed E-state index contributed by atoms with van der Waals surface area (Å²) in [5, 5.41) is 0.794. The number of esters is 1. The predicted molar refractivity (Wildman–Crippen MR) is 65.1 cm³/mol. The summed E-state index contributed by atoms with van der Waals surface area (Å²) in [6.45, 7) is 4.72. The summed E-state index contributed by atoms with van der Waals surface area (Å²) in [5.41, 5.74) is 1.31. The topological polar surface area (TPSA) is 57.0 Å². The van der Waals surface area contributed by atoms with Gasteiger partial charge in [-0.05, 0) is 13.8 Å². The van der Waals surface area contributed by atoms with Gasteiger partial charge < -0.3 is 9.30 Å². The molecule has 0 bridgehead atoms. The number of methoxy groups -OCH3 is 1. The van der Waals surface area contributed by atoms with Gasteiger partial charge in [0.15, 0.2) is 5.69 Å². The van der Waals surface area contributed by atoms with Gasteiger partial charge in [0, 0.05) is 11.4 Å². The second-order valence-electron chi connectivity index (χ2n) is 3.48. The summed E-state index contributed by atoms with van der Waals surface area (Å²) in [7, 11) is 1.36. The fraction of sp³-hybridized carbons (Fsp3) is 0.364. The van der Waals surface area contributed by atoms with E-state index in [-0.39, 0.29) is 0 Å². The van der Waals surface area contributed by atoms with Crippen LogP contribution < -0.4 is 0 Å². The van der Waals surface area contributed by atoms with E-state index in [1.165, 1.54) is 18.4 Å². The monoisotopic (exact) mass is 251 g/mol. The van der Waals surface area contributed by atoms with Crippen molar-refractivity contribution in [3.05, 3.63) is 23.1 Å². The van der Waals surface area contributed by atoms with Crippen molar-refractivity contribution >= 4 is 17.3 Å². The number of nitrogens with zero attached hydrogens (tertiary/aromatic N) is 3. The van der Waals surface area contributed by atoms with E-state index in [1.54, 1.807) is 12.5 Å². The lowest BCUT2D eigenvalue weighted by molar-refractivity contribution is 0.0594. The molecule has 90 valence electrons. The third-order valence-corrected chi connectivity index (χ3v) is 3.44. The minimum atomic E-state index is -0.396. The zero-order valence-electron chi connectivity index (χ0n) is 9.93. The second-order valence-corrected chi connectivity index (χ2v) is 4.68. The maximum Gasteiger partial charge on any atom is 0.357 e. The average molecular weight is 251 g/mol. The fourth-order valence-electron chi connectivity index (χ4n) is 1.54. The number of ether oxygens (including phenoxy) is 1. The minimum absolute atomic E-state index is 0.386. The Labute approximate surface area is 103 Å². The number of thiazole rings is 1. The van der Waals surface area contributed by atoms with Gasteiger partial charge >= 0.3 is 5.97 Å². The van der Waals surface area contributed by atoms with Crippen molar-refractivity contribution in [2.45, 2.75) is 20.4 Å². The zero-order chi connectivity index (χ0) is 12.4. The van der Waals surface area contributed by atoms with Crippen LogP contribution in [0.15, 0.2) is 12.5 Å². The molecule has 0 unspecified atom stereocenters. The van der Waals surface area contributed by atoms with Crippen molar-refractivity contribution in [3.8, 4) is 10.7 Å². The maximum absolute atomic E-state index is 11.5. The van der Waals surface area contributed by atoms with Gasteiger partial charge in [-0.1, -0.05) is 0 Å². The van der Waals surface area contributed by atoms with Crippen molar-refractivity contribution in [1.29, 1.82) is 0 Å². The van der Waals surface area contributed by atoms with Gasteiger partial charge in [-0.25, -0.2) is 14.8 Å². The van der Waals surface area contributed by atoms with E-state index >= 15 is 0 Å². The van der Waals surface area contributed by atoms with E-state index in [1.807, 2.05) is 18.4 Å². The number of carbonyl (C=O) groups is 1. The summed E-state index contributed by atoms with van der Waals surface area (Å²) >= 11 is 1.47. The molecule has 5 nitrogen and oxygen atoms in total. The maximum atomic E-state index is 11.5. The Kier molecular flexibility index (Phi) is 3.23. The van der Waals surface area contributed by atoms with Crippen LogP contribution in [0.4, 0.5) is 0 Å². The molecule has 0 spiro atoms. The molecular weight excluding hydrogens is 238 g/mol. The highest BCUT2D eigenvalue weighted by Gasteiger charge is 2.18. The van der Waals surface area contributed by atoms with E-state index in [0.29, 0.717) is 5.69 Å². The Morgan fingerprint density at radius 2 is 2.35 bits per heavy atom. The molecule has 0 aliphatic carbocycles. The molecule has 2 rings (SSSR count). The fourth-order valence-corrected chi connectivity index (χ4v) is 2.47. The third kappa shape index (κ3) is 2.08. The molecular formula is C11H13N3O2S. The lowest BCUT2D eigenvalue weighted by Gasteiger charge is -2.00. The summed E-state index contributed by atoms with van der Waals surface area (Å²) in [6, 6.07) is 0. The first-order valence-electron chi connectivity index (χ1n) is 5.23. The Bertz CT molecular complexity index is 545. The highest BCUT2D eigenvalue weighted by atomic mass is 32.1. The normalized spacial score (nSPS) is 10.5. The van der Waals surface area contributed by atoms with Gasteiger partial charge in [0.2, 0.25) is 0 Å². The Morgan fingerprint density at radius 1 is 1.59 bits per heavy atom. The van der Waals surface area contributed by atoms with Crippen LogP contribution in [-0.2, 0) is 11.3 Å². The zero-order valence-corrected chi connectivity index (χ0v) is 10.7. The molecule has 0 aromatic carbocycles. The molecule has 6 heteroatoms. The van der Waals surface area contributed by atoms with Crippen LogP contribution in [-0.4, -0.2) is 27.6 Å². The van der Waals surface area contributed by atoms with Crippen molar-refractivity contribution < 1.29 is 9.53 Å². The first-order chi connectivity index (χ1) is 8.17. The van der Waals surface area contributed by atoms with Crippen LogP contribution in [0.1, 0.15) is 22.3 Å². The van der Waals surface area contributed by atoms with Gasteiger partial charge in [0.05, 0.1) is 25.3 Å².